The third-order valence-corrected chi connectivity index (χ3v) is 8.21. The van der Waals surface area contributed by atoms with E-state index in [0.717, 1.165) is 17.0 Å². The average Bonchev–Trinajstić information content (AvgIpc) is 3.03. The Kier molecular flexibility index (Phi) is 5.39. The Morgan fingerprint density at radius 3 is 1.41 bits per heavy atom. The normalized spacial score (nSPS) is 11.5. The van der Waals surface area contributed by atoms with Crippen LogP contribution in [-0.4, -0.2) is 9.97 Å². The third kappa shape index (κ3) is 3.96. The first-order valence-electron chi connectivity index (χ1n) is 14.0. The molecule has 7 aromatic carbocycles. The average molecular weight is 523 g/mol. The van der Waals surface area contributed by atoms with Crippen LogP contribution in [0.3, 0.4) is 0 Å². The molecule has 0 unspecified atom stereocenters. The Morgan fingerprint density at radius 1 is 0.366 bits per heavy atom. The van der Waals surface area contributed by atoms with E-state index in [0.29, 0.717) is 0 Å². The lowest BCUT2D eigenvalue weighted by Crippen LogP contribution is -1.93. The summed E-state index contributed by atoms with van der Waals surface area (Å²) in [7, 11) is 0. The zero-order valence-electron chi connectivity index (χ0n) is 22.7. The Labute approximate surface area is 238 Å². The van der Waals surface area contributed by atoms with E-state index in [4.69, 9.17) is 0 Å². The zero-order valence-corrected chi connectivity index (χ0v) is 22.7. The Balaban J connectivity index is 1.50. The van der Waals surface area contributed by atoms with Crippen molar-refractivity contribution in [2.45, 2.75) is 6.92 Å². The lowest BCUT2D eigenvalue weighted by atomic mass is 9.84. The van der Waals surface area contributed by atoms with Gasteiger partial charge in [-0.05, 0) is 96.0 Å². The van der Waals surface area contributed by atoms with Gasteiger partial charge in [0.2, 0.25) is 0 Å². The van der Waals surface area contributed by atoms with Gasteiger partial charge in [-0.3, -0.25) is 0 Å². The Hall–Kier alpha value is -5.34. The monoisotopic (exact) mass is 522 g/mol. The van der Waals surface area contributed by atoms with Crippen LogP contribution in [0.5, 0.6) is 0 Å². The molecule has 0 saturated heterocycles. The highest BCUT2D eigenvalue weighted by molar-refractivity contribution is 6.22. The van der Waals surface area contributed by atoms with Crippen LogP contribution in [0.4, 0.5) is 0 Å². The molecule has 8 rings (SSSR count). The molecule has 0 saturated carbocycles. The summed E-state index contributed by atoms with van der Waals surface area (Å²) in [5, 5.41) is 9.94. The fourth-order valence-corrected chi connectivity index (χ4v) is 6.21. The molecule has 1 aromatic heterocycles. The van der Waals surface area contributed by atoms with Gasteiger partial charge in [-0.2, -0.15) is 0 Å². The van der Waals surface area contributed by atoms with E-state index >= 15 is 0 Å². The molecule has 8 aromatic rings. The molecule has 0 aliphatic heterocycles. The van der Waals surface area contributed by atoms with Crippen LogP contribution in [0, 0.1) is 6.92 Å². The van der Waals surface area contributed by atoms with E-state index in [1.54, 1.807) is 0 Å². The molecule has 2 nitrogen and oxygen atoms in total. The first-order chi connectivity index (χ1) is 20.2. The number of benzene rings is 7. The fraction of sp³-hybridized carbons (Fsp3) is 0.0256. The molecule has 0 aliphatic carbocycles. The maximum absolute atomic E-state index is 4.48. The number of aryl methyl sites for hydroxylation is 1. The van der Waals surface area contributed by atoms with Crippen molar-refractivity contribution in [3.05, 3.63) is 146 Å². The smallest absolute Gasteiger partial charge is 0.125 e. The minimum Gasteiger partial charge on any atom is -0.241 e. The van der Waals surface area contributed by atoms with Crippen molar-refractivity contribution in [3.63, 3.8) is 0 Å². The minimum absolute atomic E-state index is 0.774. The van der Waals surface area contributed by atoms with Gasteiger partial charge >= 0.3 is 0 Å². The first kappa shape index (κ1) is 23.5. The molecule has 0 amide bonds. The minimum atomic E-state index is 0.774. The van der Waals surface area contributed by atoms with Crippen molar-refractivity contribution in [2.75, 3.05) is 0 Å². The van der Waals surface area contributed by atoms with E-state index in [1.807, 2.05) is 19.3 Å². The molecule has 0 atom stereocenters. The van der Waals surface area contributed by atoms with Crippen LogP contribution in [-0.2, 0) is 0 Å². The summed E-state index contributed by atoms with van der Waals surface area (Å²) in [6.45, 7) is 1.92. The lowest BCUT2D eigenvalue weighted by Gasteiger charge is -2.19. The molecule has 0 fully saturated rings. The van der Waals surface area contributed by atoms with Crippen molar-refractivity contribution in [1.29, 1.82) is 0 Å². The van der Waals surface area contributed by atoms with E-state index in [2.05, 4.69) is 137 Å². The molecule has 192 valence electrons. The van der Waals surface area contributed by atoms with Crippen LogP contribution in [0.2, 0.25) is 0 Å². The highest BCUT2D eigenvalue weighted by atomic mass is 14.8. The van der Waals surface area contributed by atoms with E-state index in [9.17, 15) is 0 Å². The van der Waals surface area contributed by atoms with Crippen LogP contribution in [0.25, 0.3) is 76.5 Å². The summed E-state index contributed by atoms with van der Waals surface area (Å²) >= 11 is 0. The number of hydrogen-bond acceptors (Lipinski definition) is 2. The largest absolute Gasteiger partial charge is 0.241 e. The van der Waals surface area contributed by atoms with Gasteiger partial charge < -0.3 is 0 Å². The van der Waals surface area contributed by atoms with Crippen molar-refractivity contribution >= 4 is 43.1 Å². The van der Waals surface area contributed by atoms with Gasteiger partial charge in [-0.15, -0.1) is 0 Å². The number of fused-ring (bicyclic) bond motifs is 4. The molecular formula is C39H26N2. The third-order valence-electron chi connectivity index (χ3n) is 8.21. The van der Waals surface area contributed by atoms with E-state index in [1.165, 1.54) is 65.3 Å². The summed E-state index contributed by atoms with van der Waals surface area (Å²) in [5.74, 6) is 0.774. The molecule has 0 bridgehead atoms. The SMILES string of the molecule is Cc1ncc(-c2ccc3c(-c4ccc5ccccc5c4)c4ccccc4c(-c4ccc5ccccc5c4)c3c2)cn1. The number of rotatable bonds is 3. The Morgan fingerprint density at radius 2 is 0.829 bits per heavy atom. The van der Waals surface area contributed by atoms with Gasteiger partial charge in [0.25, 0.3) is 0 Å². The van der Waals surface area contributed by atoms with Crippen LogP contribution in [0.15, 0.2) is 140 Å². The van der Waals surface area contributed by atoms with Crippen molar-refractivity contribution in [3.8, 4) is 33.4 Å². The van der Waals surface area contributed by atoms with Crippen LogP contribution >= 0.6 is 0 Å². The summed E-state index contributed by atoms with van der Waals surface area (Å²) < 4.78 is 0. The summed E-state index contributed by atoms with van der Waals surface area (Å²) in [6.07, 6.45) is 3.84. The topological polar surface area (TPSA) is 25.8 Å². The first-order valence-corrected chi connectivity index (χ1v) is 14.0. The number of nitrogens with zero attached hydrogens (tertiary/aromatic N) is 2. The van der Waals surface area contributed by atoms with Crippen molar-refractivity contribution in [2.24, 2.45) is 0 Å². The predicted octanol–water partition coefficient (Wildman–Crippen LogP) is 10.4. The summed E-state index contributed by atoms with van der Waals surface area (Å²) in [6, 6.07) is 46.5. The van der Waals surface area contributed by atoms with Gasteiger partial charge in [0.1, 0.15) is 5.82 Å². The molecule has 1 heterocycles. The highest BCUT2D eigenvalue weighted by Crippen LogP contribution is 2.45. The molecule has 0 radical (unpaired) electrons. The van der Waals surface area contributed by atoms with Gasteiger partial charge in [0.05, 0.1) is 0 Å². The molecule has 41 heavy (non-hydrogen) atoms. The standard InChI is InChI=1S/C39H26N2/c1-25-40-23-33(24-41-25)30-18-19-36-37(22-30)39(32-17-15-27-9-3-5-11-29(27)21-32)35-13-7-6-12-34(35)38(36)31-16-14-26-8-2-4-10-28(26)20-31/h2-24H,1H3. The molecule has 0 aliphatic rings. The van der Waals surface area contributed by atoms with Crippen LogP contribution in [0.1, 0.15) is 5.82 Å². The van der Waals surface area contributed by atoms with Crippen molar-refractivity contribution in [1.82, 2.24) is 9.97 Å². The lowest BCUT2D eigenvalue weighted by molar-refractivity contribution is 1.06. The predicted molar refractivity (Wildman–Crippen MR) is 173 cm³/mol. The van der Waals surface area contributed by atoms with Gasteiger partial charge in [0.15, 0.2) is 0 Å². The molecule has 2 heteroatoms. The molecular weight excluding hydrogens is 496 g/mol. The summed E-state index contributed by atoms with van der Waals surface area (Å²) in [5.41, 5.74) is 7.08. The van der Waals surface area contributed by atoms with Gasteiger partial charge in [0, 0.05) is 18.0 Å². The number of hydrogen-bond donors (Lipinski definition) is 0. The molecule has 0 N–H and O–H groups in total. The second-order valence-corrected chi connectivity index (χ2v) is 10.7. The van der Waals surface area contributed by atoms with Crippen molar-refractivity contribution < 1.29 is 0 Å². The van der Waals surface area contributed by atoms with E-state index < -0.39 is 0 Å². The Bertz CT molecular complexity index is 2260. The van der Waals surface area contributed by atoms with Gasteiger partial charge in [-0.1, -0.05) is 109 Å². The number of aromatic nitrogens is 2. The fourth-order valence-electron chi connectivity index (χ4n) is 6.21. The van der Waals surface area contributed by atoms with Gasteiger partial charge in [-0.25, -0.2) is 9.97 Å². The quantitative estimate of drug-likeness (QED) is 0.216. The maximum Gasteiger partial charge on any atom is 0.125 e. The maximum atomic E-state index is 4.48. The van der Waals surface area contributed by atoms with Crippen LogP contribution < -0.4 is 0 Å². The van der Waals surface area contributed by atoms with E-state index in [-0.39, 0.29) is 0 Å². The highest BCUT2D eigenvalue weighted by Gasteiger charge is 2.18. The molecule has 0 spiro atoms. The second kappa shape index (κ2) is 9.39. The summed E-state index contributed by atoms with van der Waals surface area (Å²) in [4.78, 5) is 8.97. The second-order valence-electron chi connectivity index (χ2n) is 10.7. The zero-order chi connectivity index (χ0) is 27.3.